The lowest BCUT2D eigenvalue weighted by Crippen LogP contribution is -2.64. The van der Waals surface area contributed by atoms with Gasteiger partial charge in [-0.15, -0.1) is 0 Å². The van der Waals surface area contributed by atoms with Crippen molar-refractivity contribution < 1.29 is 14.3 Å². The fourth-order valence-electron chi connectivity index (χ4n) is 3.19. The van der Waals surface area contributed by atoms with Crippen molar-refractivity contribution in [2.24, 2.45) is 4.99 Å². The highest BCUT2D eigenvalue weighted by molar-refractivity contribution is 6.03. The van der Waals surface area contributed by atoms with Gasteiger partial charge in [-0.2, -0.15) is 0 Å². The number of guanidine groups is 1. The van der Waals surface area contributed by atoms with Crippen molar-refractivity contribution in [2.45, 2.75) is 18.8 Å². The van der Waals surface area contributed by atoms with Crippen LogP contribution >= 0.6 is 0 Å². The summed E-state index contributed by atoms with van der Waals surface area (Å²) in [6.07, 6.45) is -0.522. The van der Waals surface area contributed by atoms with Crippen LogP contribution in [-0.2, 0) is 16.1 Å². The molecule has 2 aliphatic rings. The summed E-state index contributed by atoms with van der Waals surface area (Å²) in [4.78, 5) is 34.4. The SMILES string of the molecule is COCCN1C(N(C)Cc2ccccc2)=NC2C1C(=O)NC(=O)N2C. The third-order valence-corrected chi connectivity index (χ3v) is 4.48. The van der Waals surface area contributed by atoms with Crippen LogP contribution in [0.2, 0.25) is 0 Å². The van der Waals surface area contributed by atoms with E-state index in [1.165, 1.54) is 4.90 Å². The first-order valence-electron chi connectivity index (χ1n) is 8.19. The molecule has 0 aliphatic carbocycles. The number of benzene rings is 1. The first-order valence-corrected chi connectivity index (χ1v) is 8.19. The van der Waals surface area contributed by atoms with E-state index in [1.807, 2.05) is 47.2 Å². The molecule has 3 rings (SSSR count). The number of amides is 3. The van der Waals surface area contributed by atoms with Gasteiger partial charge in [0.25, 0.3) is 5.91 Å². The van der Waals surface area contributed by atoms with Crippen LogP contribution in [0.4, 0.5) is 4.79 Å². The average molecular weight is 345 g/mol. The summed E-state index contributed by atoms with van der Waals surface area (Å²) >= 11 is 0. The Morgan fingerprint density at radius 1 is 1.28 bits per heavy atom. The van der Waals surface area contributed by atoms with Gasteiger partial charge in [0.1, 0.15) is 0 Å². The molecule has 1 aromatic rings. The van der Waals surface area contributed by atoms with E-state index >= 15 is 0 Å². The number of likely N-dealkylation sites (N-methyl/N-ethyl adjacent to an activating group) is 1. The van der Waals surface area contributed by atoms with Crippen LogP contribution < -0.4 is 5.32 Å². The molecule has 25 heavy (non-hydrogen) atoms. The van der Waals surface area contributed by atoms with Crippen LogP contribution in [0.15, 0.2) is 35.3 Å². The standard InChI is InChI=1S/C17H23N5O3/c1-20(11-12-7-5-4-6-8-12)16-18-14-13(22(16)9-10-25-3)15(23)19-17(24)21(14)2/h4-8,13-14H,9-11H2,1-3H3,(H,19,23,24). The highest BCUT2D eigenvalue weighted by Crippen LogP contribution is 2.25. The van der Waals surface area contributed by atoms with Crippen LogP contribution in [0, 0.1) is 0 Å². The maximum Gasteiger partial charge on any atom is 0.325 e. The Morgan fingerprint density at radius 2 is 2.00 bits per heavy atom. The van der Waals surface area contributed by atoms with E-state index < -0.39 is 18.2 Å². The molecular formula is C17H23N5O3. The molecule has 2 aliphatic heterocycles. The molecule has 3 amide bonds. The molecular weight excluding hydrogens is 322 g/mol. The second-order valence-electron chi connectivity index (χ2n) is 6.22. The highest BCUT2D eigenvalue weighted by atomic mass is 16.5. The largest absolute Gasteiger partial charge is 0.383 e. The topological polar surface area (TPSA) is 77.5 Å². The van der Waals surface area contributed by atoms with Crippen molar-refractivity contribution >= 4 is 17.9 Å². The molecule has 1 fully saturated rings. The lowest BCUT2D eigenvalue weighted by Gasteiger charge is -2.37. The lowest BCUT2D eigenvalue weighted by molar-refractivity contribution is -0.127. The zero-order valence-electron chi connectivity index (χ0n) is 14.7. The number of carbonyl (C=O) groups excluding carboxylic acids is 2. The number of methoxy groups -OCH3 is 1. The van der Waals surface area contributed by atoms with Gasteiger partial charge < -0.3 is 19.4 Å². The first-order chi connectivity index (χ1) is 12.0. The van der Waals surface area contributed by atoms with Gasteiger partial charge in [0.2, 0.25) is 0 Å². The van der Waals surface area contributed by atoms with E-state index in [2.05, 4.69) is 10.3 Å². The zero-order valence-corrected chi connectivity index (χ0v) is 14.7. The fourth-order valence-corrected chi connectivity index (χ4v) is 3.19. The molecule has 1 aromatic carbocycles. The molecule has 2 heterocycles. The predicted octanol–water partition coefficient (Wildman–Crippen LogP) is 0.313. The average Bonchev–Trinajstić information content (AvgIpc) is 2.99. The van der Waals surface area contributed by atoms with Crippen LogP contribution in [0.3, 0.4) is 0 Å². The Bertz CT molecular complexity index is 678. The van der Waals surface area contributed by atoms with Gasteiger partial charge in [0.15, 0.2) is 18.2 Å². The molecule has 1 saturated heterocycles. The number of nitrogens with zero attached hydrogens (tertiary/aromatic N) is 4. The summed E-state index contributed by atoms with van der Waals surface area (Å²) in [5.41, 5.74) is 1.14. The van der Waals surface area contributed by atoms with Gasteiger partial charge in [0.05, 0.1) is 6.61 Å². The summed E-state index contributed by atoms with van der Waals surface area (Å²) < 4.78 is 5.19. The number of imide groups is 1. The zero-order chi connectivity index (χ0) is 18.0. The maximum absolute atomic E-state index is 12.4. The smallest absolute Gasteiger partial charge is 0.325 e. The molecule has 2 atom stereocenters. The number of urea groups is 1. The lowest BCUT2D eigenvalue weighted by atomic mass is 10.1. The van der Waals surface area contributed by atoms with E-state index in [0.29, 0.717) is 25.7 Å². The second kappa shape index (κ2) is 7.10. The number of hydrogen-bond acceptors (Lipinski definition) is 6. The van der Waals surface area contributed by atoms with Gasteiger partial charge in [0, 0.05) is 34.3 Å². The predicted molar refractivity (Wildman–Crippen MR) is 92.8 cm³/mol. The summed E-state index contributed by atoms with van der Waals surface area (Å²) in [7, 11) is 5.20. The molecule has 0 radical (unpaired) electrons. The normalized spacial score (nSPS) is 22.6. The summed E-state index contributed by atoms with van der Waals surface area (Å²) in [5, 5.41) is 2.39. The van der Waals surface area contributed by atoms with Crippen molar-refractivity contribution in [3.05, 3.63) is 35.9 Å². The number of hydrogen-bond donors (Lipinski definition) is 1. The molecule has 0 saturated carbocycles. The van der Waals surface area contributed by atoms with E-state index in [4.69, 9.17) is 4.74 Å². The number of ether oxygens (including phenoxy) is 1. The van der Waals surface area contributed by atoms with Crippen LogP contribution in [0.5, 0.6) is 0 Å². The Labute approximate surface area is 147 Å². The minimum Gasteiger partial charge on any atom is -0.383 e. The van der Waals surface area contributed by atoms with Crippen molar-refractivity contribution in [3.63, 3.8) is 0 Å². The van der Waals surface area contributed by atoms with Gasteiger partial charge in [-0.05, 0) is 5.56 Å². The molecule has 2 unspecified atom stereocenters. The van der Waals surface area contributed by atoms with E-state index in [1.54, 1.807) is 14.2 Å². The Hall–Kier alpha value is -2.61. The Balaban J connectivity index is 1.86. The summed E-state index contributed by atoms with van der Waals surface area (Å²) in [5.74, 6) is 0.365. The molecule has 0 bridgehead atoms. The molecule has 8 heteroatoms. The Kier molecular flexibility index (Phi) is 4.89. The number of fused-ring (bicyclic) bond motifs is 1. The molecule has 1 N–H and O–H groups in total. The fraction of sp³-hybridized carbons (Fsp3) is 0.471. The molecule has 8 nitrogen and oxygen atoms in total. The quantitative estimate of drug-likeness (QED) is 0.831. The summed E-state index contributed by atoms with van der Waals surface area (Å²) in [6.45, 7) is 1.64. The van der Waals surface area contributed by atoms with Crippen LogP contribution in [-0.4, -0.2) is 79.2 Å². The van der Waals surface area contributed by atoms with E-state index in [9.17, 15) is 9.59 Å². The molecule has 134 valence electrons. The van der Waals surface area contributed by atoms with Gasteiger partial charge in [-0.3, -0.25) is 10.1 Å². The minimum absolute atomic E-state index is 0.323. The van der Waals surface area contributed by atoms with Gasteiger partial charge in [-0.25, -0.2) is 9.79 Å². The van der Waals surface area contributed by atoms with Crippen molar-refractivity contribution in [2.75, 3.05) is 34.4 Å². The highest BCUT2D eigenvalue weighted by Gasteiger charge is 2.49. The molecule has 0 spiro atoms. The third kappa shape index (κ3) is 3.30. The van der Waals surface area contributed by atoms with Crippen molar-refractivity contribution in [3.8, 4) is 0 Å². The van der Waals surface area contributed by atoms with Gasteiger partial charge in [-0.1, -0.05) is 30.3 Å². The van der Waals surface area contributed by atoms with Crippen molar-refractivity contribution in [1.29, 1.82) is 0 Å². The number of rotatable bonds is 5. The third-order valence-electron chi connectivity index (χ3n) is 4.48. The van der Waals surface area contributed by atoms with E-state index in [0.717, 1.165) is 5.56 Å². The van der Waals surface area contributed by atoms with E-state index in [-0.39, 0.29) is 5.91 Å². The first kappa shape index (κ1) is 17.2. The van der Waals surface area contributed by atoms with Crippen molar-refractivity contribution in [1.82, 2.24) is 20.0 Å². The molecule has 0 aromatic heterocycles. The van der Waals surface area contributed by atoms with Crippen LogP contribution in [0.1, 0.15) is 5.56 Å². The van der Waals surface area contributed by atoms with Gasteiger partial charge >= 0.3 is 6.03 Å². The number of aliphatic imine (C=N–C) groups is 1. The van der Waals surface area contributed by atoms with Crippen LogP contribution in [0.25, 0.3) is 0 Å². The second-order valence-corrected chi connectivity index (χ2v) is 6.22. The number of nitrogens with one attached hydrogen (secondary N) is 1. The monoisotopic (exact) mass is 345 g/mol. The number of carbonyl (C=O) groups is 2. The summed E-state index contributed by atoms with van der Waals surface area (Å²) in [6, 6.07) is 9.08. The Morgan fingerprint density at radius 3 is 2.68 bits per heavy atom. The minimum atomic E-state index is -0.536. The maximum atomic E-state index is 12.4.